The summed E-state index contributed by atoms with van der Waals surface area (Å²) in [5, 5.41) is 7.41. The maximum atomic E-state index is 6.04. The van der Waals surface area contributed by atoms with E-state index in [1.165, 1.54) is 58.0 Å². The monoisotopic (exact) mass is 348 g/mol. The van der Waals surface area contributed by atoms with Gasteiger partial charge in [0.15, 0.2) is 5.96 Å². The van der Waals surface area contributed by atoms with Gasteiger partial charge in [0.2, 0.25) is 0 Å². The Kier molecular flexibility index (Phi) is 4.74. The predicted molar refractivity (Wildman–Crippen MR) is 102 cm³/mol. The molecule has 2 saturated heterocycles. The second-order valence-electron chi connectivity index (χ2n) is 9.24. The quantitative estimate of drug-likeness (QED) is 0.605. The van der Waals surface area contributed by atoms with Crippen molar-refractivity contribution >= 4 is 5.96 Å². The minimum absolute atomic E-state index is 0.171. The Balaban J connectivity index is 1.33. The van der Waals surface area contributed by atoms with Crippen LogP contribution in [0.2, 0.25) is 0 Å². The molecule has 0 radical (unpaired) electrons. The summed E-state index contributed by atoms with van der Waals surface area (Å²) in [7, 11) is 1.90. The zero-order chi connectivity index (χ0) is 17.5. The van der Waals surface area contributed by atoms with E-state index < -0.39 is 0 Å². The van der Waals surface area contributed by atoms with Crippen molar-refractivity contribution in [1.29, 1.82) is 0 Å². The summed E-state index contributed by atoms with van der Waals surface area (Å²) in [4.78, 5) is 7.16. The number of piperidine rings is 1. The van der Waals surface area contributed by atoms with Crippen LogP contribution < -0.4 is 10.6 Å². The highest BCUT2D eigenvalue weighted by molar-refractivity contribution is 5.80. The van der Waals surface area contributed by atoms with Gasteiger partial charge in [-0.25, -0.2) is 0 Å². The molecule has 2 heterocycles. The van der Waals surface area contributed by atoms with Gasteiger partial charge in [-0.2, -0.15) is 0 Å². The maximum Gasteiger partial charge on any atom is 0.191 e. The number of nitrogens with zero attached hydrogens (tertiary/aromatic N) is 2. The number of rotatable bonds is 4. The van der Waals surface area contributed by atoms with Gasteiger partial charge in [-0.15, -0.1) is 0 Å². The van der Waals surface area contributed by atoms with Gasteiger partial charge in [-0.1, -0.05) is 12.8 Å². The molecule has 0 bridgehead atoms. The third kappa shape index (κ3) is 2.97. The van der Waals surface area contributed by atoms with Crippen molar-refractivity contribution < 1.29 is 4.74 Å². The highest BCUT2D eigenvalue weighted by Crippen LogP contribution is 2.62. The Labute approximate surface area is 153 Å². The molecular weight excluding hydrogens is 312 g/mol. The van der Waals surface area contributed by atoms with E-state index in [0.717, 1.165) is 19.1 Å². The lowest BCUT2D eigenvalue weighted by Crippen LogP contribution is -2.72. The fourth-order valence-electron chi connectivity index (χ4n) is 5.71. The number of ether oxygens (including phenoxy) is 1. The number of nitrogens with one attached hydrogen (secondary N) is 2. The largest absolute Gasteiger partial charge is 0.377 e. The van der Waals surface area contributed by atoms with Crippen molar-refractivity contribution in [3.63, 3.8) is 0 Å². The molecule has 3 atom stereocenters. The lowest BCUT2D eigenvalue weighted by Gasteiger charge is -2.63. The average molecular weight is 349 g/mol. The Morgan fingerprint density at radius 1 is 1.20 bits per heavy atom. The molecule has 2 saturated carbocycles. The van der Waals surface area contributed by atoms with E-state index in [1.54, 1.807) is 0 Å². The summed E-state index contributed by atoms with van der Waals surface area (Å²) < 4.78 is 6.04. The van der Waals surface area contributed by atoms with Crippen LogP contribution in [0.25, 0.3) is 0 Å². The first-order chi connectivity index (χ1) is 12.1. The minimum Gasteiger partial charge on any atom is -0.377 e. The van der Waals surface area contributed by atoms with Crippen molar-refractivity contribution in [3.05, 3.63) is 0 Å². The topological polar surface area (TPSA) is 48.9 Å². The van der Waals surface area contributed by atoms with Gasteiger partial charge in [-0.05, 0) is 59.0 Å². The summed E-state index contributed by atoms with van der Waals surface area (Å²) in [5.74, 6) is 1.67. The summed E-state index contributed by atoms with van der Waals surface area (Å²) in [5.41, 5.74) is 0.575. The van der Waals surface area contributed by atoms with E-state index in [4.69, 9.17) is 4.74 Å². The zero-order valence-corrected chi connectivity index (χ0v) is 16.3. The molecule has 1 spiro atoms. The molecule has 0 aromatic carbocycles. The molecule has 0 amide bonds. The second-order valence-corrected chi connectivity index (χ2v) is 9.24. The first-order valence-corrected chi connectivity index (χ1v) is 10.4. The Morgan fingerprint density at radius 2 is 1.96 bits per heavy atom. The van der Waals surface area contributed by atoms with Gasteiger partial charge < -0.3 is 15.4 Å². The molecule has 4 fully saturated rings. The van der Waals surface area contributed by atoms with Crippen molar-refractivity contribution in [2.45, 2.75) is 76.5 Å². The summed E-state index contributed by atoms with van der Waals surface area (Å²) in [6.45, 7) is 9.06. The van der Waals surface area contributed by atoms with Crippen LogP contribution >= 0.6 is 0 Å². The maximum absolute atomic E-state index is 6.04. The molecule has 4 rings (SSSR count). The number of likely N-dealkylation sites (tertiary alicyclic amines) is 1. The first-order valence-electron chi connectivity index (χ1n) is 10.4. The Bertz CT molecular complexity index is 508. The molecule has 4 aliphatic rings. The van der Waals surface area contributed by atoms with E-state index in [0.29, 0.717) is 23.5 Å². The van der Waals surface area contributed by atoms with E-state index in [2.05, 4.69) is 34.4 Å². The van der Waals surface area contributed by atoms with Gasteiger partial charge >= 0.3 is 0 Å². The molecule has 5 heteroatoms. The molecule has 2 aliphatic heterocycles. The van der Waals surface area contributed by atoms with E-state index in [1.807, 2.05) is 7.05 Å². The summed E-state index contributed by atoms with van der Waals surface area (Å²) in [6, 6.07) is 0.554. The fraction of sp³-hybridized carbons (Fsp3) is 0.950. The van der Waals surface area contributed by atoms with Crippen LogP contribution in [0.15, 0.2) is 4.99 Å². The van der Waals surface area contributed by atoms with Gasteiger partial charge in [0, 0.05) is 43.1 Å². The SMILES string of the molecule is CN=C(NCC(C)(C)N1CCCCC1)NC1C2CCOC2C12CCC2. The molecule has 0 aromatic rings. The third-order valence-corrected chi connectivity index (χ3v) is 7.45. The van der Waals surface area contributed by atoms with Gasteiger partial charge in [0.25, 0.3) is 0 Å². The molecule has 142 valence electrons. The average Bonchev–Trinajstić information content (AvgIpc) is 2.99. The number of aliphatic imine (C=N–C) groups is 1. The molecular formula is C20H36N4O. The van der Waals surface area contributed by atoms with Crippen LogP contribution in [-0.2, 0) is 4.74 Å². The molecule has 2 N–H and O–H groups in total. The molecule has 0 aromatic heterocycles. The fourth-order valence-corrected chi connectivity index (χ4v) is 5.71. The minimum atomic E-state index is 0.171. The van der Waals surface area contributed by atoms with Crippen molar-refractivity contribution in [1.82, 2.24) is 15.5 Å². The number of hydrogen-bond acceptors (Lipinski definition) is 3. The molecule has 2 aliphatic carbocycles. The van der Waals surface area contributed by atoms with Crippen LogP contribution in [0.1, 0.15) is 58.8 Å². The lowest BCUT2D eigenvalue weighted by molar-refractivity contribution is -0.171. The molecule has 25 heavy (non-hydrogen) atoms. The van der Waals surface area contributed by atoms with Crippen LogP contribution in [-0.4, -0.2) is 61.8 Å². The van der Waals surface area contributed by atoms with Gasteiger partial charge in [-0.3, -0.25) is 9.89 Å². The standard InChI is InChI=1S/C20H36N4O/c1-19(2,24-11-5-4-6-12-24)14-22-18(21-3)23-16-15-8-13-25-17(15)20(16)9-7-10-20/h15-17H,4-14H2,1-3H3,(H2,21,22,23). The van der Waals surface area contributed by atoms with E-state index >= 15 is 0 Å². The Morgan fingerprint density at radius 3 is 2.60 bits per heavy atom. The van der Waals surface area contributed by atoms with Crippen LogP contribution in [0.5, 0.6) is 0 Å². The third-order valence-electron chi connectivity index (χ3n) is 7.45. The van der Waals surface area contributed by atoms with Crippen molar-refractivity contribution in [3.8, 4) is 0 Å². The predicted octanol–water partition coefficient (Wildman–Crippen LogP) is 2.37. The number of guanidine groups is 1. The van der Waals surface area contributed by atoms with Crippen LogP contribution in [0.4, 0.5) is 0 Å². The number of fused-ring (bicyclic) bond motifs is 2. The van der Waals surface area contributed by atoms with E-state index in [9.17, 15) is 0 Å². The smallest absolute Gasteiger partial charge is 0.191 e. The summed E-state index contributed by atoms with van der Waals surface area (Å²) in [6.07, 6.45) is 9.79. The highest BCUT2D eigenvalue weighted by atomic mass is 16.5. The zero-order valence-electron chi connectivity index (χ0n) is 16.3. The van der Waals surface area contributed by atoms with E-state index in [-0.39, 0.29) is 5.54 Å². The highest BCUT2D eigenvalue weighted by Gasteiger charge is 2.66. The van der Waals surface area contributed by atoms with Gasteiger partial charge in [0.1, 0.15) is 0 Å². The van der Waals surface area contributed by atoms with Crippen molar-refractivity contribution in [2.75, 3.05) is 33.3 Å². The molecule has 3 unspecified atom stereocenters. The summed E-state index contributed by atoms with van der Waals surface area (Å²) >= 11 is 0. The van der Waals surface area contributed by atoms with Crippen molar-refractivity contribution in [2.24, 2.45) is 16.3 Å². The Hall–Kier alpha value is -0.810. The van der Waals surface area contributed by atoms with Crippen LogP contribution in [0, 0.1) is 11.3 Å². The molecule has 5 nitrogen and oxygen atoms in total. The van der Waals surface area contributed by atoms with Gasteiger partial charge in [0.05, 0.1) is 6.10 Å². The second kappa shape index (κ2) is 6.73. The lowest BCUT2D eigenvalue weighted by atomic mass is 9.46. The normalized spacial score (nSPS) is 35.0. The first kappa shape index (κ1) is 17.6. The number of hydrogen-bond donors (Lipinski definition) is 2. The van der Waals surface area contributed by atoms with Crippen LogP contribution in [0.3, 0.4) is 0 Å².